The van der Waals surface area contributed by atoms with E-state index in [9.17, 15) is 0 Å². The maximum absolute atomic E-state index is 7.35. The van der Waals surface area contributed by atoms with Crippen LogP contribution in [0, 0.1) is 5.41 Å². The molecular weight excluding hydrogens is 190 g/mol. The quantitative estimate of drug-likeness (QED) is 0.596. The van der Waals surface area contributed by atoms with Crippen molar-refractivity contribution in [2.45, 2.75) is 25.7 Å². The Balaban J connectivity index is 2.78. The third kappa shape index (κ3) is 3.46. The van der Waals surface area contributed by atoms with E-state index in [1.54, 1.807) is 7.11 Å². The second-order valence-corrected chi connectivity index (χ2v) is 3.72. The highest BCUT2D eigenvalue weighted by Crippen LogP contribution is 2.22. The average molecular weight is 207 g/mol. The van der Waals surface area contributed by atoms with Crippen LogP contribution in [0.3, 0.4) is 0 Å². The maximum atomic E-state index is 7.35. The molecule has 1 N–H and O–H groups in total. The van der Waals surface area contributed by atoms with Gasteiger partial charge < -0.3 is 14.9 Å². The van der Waals surface area contributed by atoms with Gasteiger partial charge in [-0.3, -0.25) is 0 Å². The van der Waals surface area contributed by atoms with Crippen molar-refractivity contribution in [1.82, 2.24) is 0 Å². The van der Waals surface area contributed by atoms with Gasteiger partial charge in [-0.15, -0.1) is 0 Å². The number of benzene rings is 1. The smallest absolute Gasteiger partial charge is 0.163 e. The normalized spacial score (nSPS) is 13.5. The summed E-state index contributed by atoms with van der Waals surface area (Å²) < 4.78 is 10.8. The lowest BCUT2D eigenvalue weighted by atomic mass is 10.1. The Morgan fingerprint density at radius 3 is 2.33 bits per heavy atom. The summed E-state index contributed by atoms with van der Waals surface area (Å²) in [4.78, 5) is 0. The molecule has 1 rings (SSSR count). The molecule has 3 heteroatoms. The molecule has 1 aromatic carbocycles. The predicted octanol–water partition coefficient (Wildman–Crippen LogP) is 2.78. The molecule has 82 valence electrons. The lowest BCUT2D eigenvalue weighted by Crippen LogP contribution is -2.29. The lowest BCUT2D eigenvalue weighted by Gasteiger charge is -2.27. The summed E-state index contributed by atoms with van der Waals surface area (Å²) in [5.74, 6) is -0.682. The van der Waals surface area contributed by atoms with Crippen LogP contribution in [-0.2, 0) is 9.47 Å². The summed E-state index contributed by atoms with van der Waals surface area (Å²) in [7, 11) is 1.59. The Bertz CT molecular complexity index is 309. The van der Waals surface area contributed by atoms with Crippen LogP contribution in [0.15, 0.2) is 30.3 Å². The Kier molecular flexibility index (Phi) is 4.00. The van der Waals surface area contributed by atoms with Crippen LogP contribution in [0.2, 0.25) is 0 Å². The van der Waals surface area contributed by atoms with Gasteiger partial charge in [0, 0.05) is 13.3 Å². The number of rotatable bonds is 5. The SMILES string of the molecule is COC(C)(C)O[C@@H](C=N)c1ccccc1. The van der Waals surface area contributed by atoms with Crippen LogP contribution in [0.25, 0.3) is 0 Å². The van der Waals surface area contributed by atoms with Crippen molar-refractivity contribution in [2.24, 2.45) is 0 Å². The molecule has 0 unspecified atom stereocenters. The third-order valence-electron chi connectivity index (χ3n) is 2.18. The van der Waals surface area contributed by atoms with Crippen molar-refractivity contribution in [2.75, 3.05) is 7.11 Å². The van der Waals surface area contributed by atoms with Gasteiger partial charge in [-0.1, -0.05) is 30.3 Å². The number of methoxy groups -OCH3 is 1. The number of nitrogens with one attached hydrogen (secondary N) is 1. The lowest BCUT2D eigenvalue weighted by molar-refractivity contribution is -0.210. The highest BCUT2D eigenvalue weighted by molar-refractivity contribution is 5.62. The molecule has 1 aromatic rings. The summed E-state index contributed by atoms with van der Waals surface area (Å²) in [6.45, 7) is 3.65. The molecule has 0 aromatic heterocycles. The van der Waals surface area contributed by atoms with Crippen LogP contribution in [0.5, 0.6) is 0 Å². The first-order valence-corrected chi connectivity index (χ1v) is 4.87. The molecule has 0 aliphatic rings. The number of hydrogen-bond acceptors (Lipinski definition) is 3. The van der Waals surface area contributed by atoms with E-state index in [0.717, 1.165) is 5.56 Å². The molecule has 0 bridgehead atoms. The van der Waals surface area contributed by atoms with Gasteiger partial charge >= 0.3 is 0 Å². The minimum absolute atomic E-state index is 0.360. The highest BCUT2D eigenvalue weighted by Gasteiger charge is 2.22. The van der Waals surface area contributed by atoms with Gasteiger partial charge in [0.1, 0.15) is 6.10 Å². The van der Waals surface area contributed by atoms with E-state index < -0.39 is 5.79 Å². The molecule has 15 heavy (non-hydrogen) atoms. The van der Waals surface area contributed by atoms with Crippen molar-refractivity contribution in [3.63, 3.8) is 0 Å². The number of ether oxygens (including phenoxy) is 2. The molecule has 3 nitrogen and oxygen atoms in total. The highest BCUT2D eigenvalue weighted by atomic mass is 16.7. The first-order valence-electron chi connectivity index (χ1n) is 4.87. The fraction of sp³-hybridized carbons (Fsp3) is 0.417. The summed E-state index contributed by atoms with van der Waals surface area (Å²) in [6.07, 6.45) is 0.914. The van der Waals surface area contributed by atoms with Crippen LogP contribution >= 0.6 is 0 Å². The van der Waals surface area contributed by atoms with Gasteiger partial charge in [0.05, 0.1) is 0 Å². The standard InChI is InChI=1S/C12H17NO2/c1-12(2,14-3)15-11(9-13)10-7-5-4-6-8-10/h4-9,11,13H,1-3H3/t11-/m0/s1. The topological polar surface area (TPSA) is 42.3 Å². The molecule has 0 fully saturated rings. The second kappa shape index (κ2) is 5.05. The molecule has 1 atom stereocenters. The summed E-state index contributed by atoms with van der Waals surface area (Å²) in [5.41, 5.74) is 0.956. The fourth-order valence-electron chi connectivity index (χ4n) is 1.19. The van der Waals surface area contributed by atoms with E-state index in [2.05, 4.69) is 0 Å². The van der Waals surface area contributed by atoms with Gasteiger partial charge in [-0.25, -0.2) is 0 Å². The zero-order valence-corrected chi connectivity index (χ0v) is 9.36. The predicted molar refractivity (Wildman–Crippen MR) is 60.1 cm³/mol. The molecule has 0 aliphatic heterocycles. The molecule has 0 heterocycles. The Morgan fingerprint density at radius 1 is 1.27 bits per heavy atom. The molecule has 0 saturated carbocycles. The van der Waals surface area contributed by atoms with Gasteiger partial charge in [-0.05, 0) is 19.4 Å². The minimum atomic E-state index is -0.682. The van der Waals surface area contributed by atoms with Gasteiger partial charge in [0.25, 0.3) is 0 Å². The minimum Gasteiger partial charge on any atom is -0.354 e. The Labute approximate surface area is 90.5 Å². The fourth-order valence-corrected chi connectivity index (χ4v) is 1.19. The third-order valence-corrected chi connectivity index (χ3v) is 2.18. The van der Waals surface area contributed by atoms with Crippen molar-refractivity contribution in [1.29, 1.82) is 5.41 Å². The van der Waals surface area contributed by atoms with Crippen LogP contribution < -0.4 is 0 Å². The first-order chi connectivity index (χ1) is 7.09. The largest absolute Gasteiger partial charge is 0.354 e. The van der Waals surface area contributed by atoms with E-state index in [-0.39, 0.29) is 6.10 Å². The van der Waals surface area contributed by atoms with Crippen molar-refractivity contribution in [3.8, 4) is 0 Å². The van der Waals surface area contributed by atoms with Crippen molar-refractivity contribution >= 4 is 6.21 Å². The van der Waals surface area contributed by atoms with Crippen molar-refractivity contribution in [3.05, 3.63) is 35.9 Å². The number of hydrogen-bond donors (Lipinski definition) is 1. The monoisotopic (exact) mass is 207 g/mol. The van der Waals surface area contributed by atoms with Gasteiger partial charge in [0.2, 0.25) is 0 Å². The van der Waals surface area contributed by atoms with Crippen LogP contribution in [-0.4, -0.2) is 19.1 Å². The average Bonchev–Trinajstić information content (AvgIpc) is 2.27. The molecule has 0 amide bonds. The van der Waals surface area contributed by atoms with E-state index in [4.69, 9.17) is 14.9 Å². The van der Waals surface area contributed by atoms with Crippen LogP contribution in [0.4, 0.5) is 0 Å². The van der Waals surface area contributed by atoms with Gasteiger partial charge in [0.15, 0.2) is 5.79 Å². The maximum Gasteiger partial charge on any atom is 0.163 e. The van der Waals surface area contributed by atoms with Crippen LogP contribution in [0.1, 0.15) is 25.5 Å². The van der Waals surface area contributed by atoms with E-state index in [1.807, 2.05) is 44.2 Å². The Hall–Kier alpha value is -1.19. The summed E-state index contributed by atoms with van der Waals surface area (Å²) >= 11 is 0. The van der Waals surface area contributed by atoms with E-state index in [0.29, 0.717) is 0 Å². The van der Waals surface area contributed by atoms with Gasteiger partial charge in [-0.2, -0.15) is 0 Å². The van der Waals surface area contributed by atoms with E-state index in [1.165, 1.54) is 6.21 Å². The van der Waals surface area contributed by atoms with Crippen molar-refractivity contribution < 1.29 is 9.47 Å². The molecular formula is C12H17NO2. The van der Waals surface area contributed by atoms with E-state index >= 15 is 0 Å². The zero-order valence-electron chi connectivity index (χ0n) is 9.36. The first kappa shape index (κ1) is 11.9. The Morgan fingerprint density at radius 2 is 1.87 bits per heavy atom. The zero-order chi connectivity index (χ0) is 11.3. The molecule has 0 spiro atoms. The second-order valence-electron chi connectivity index (χ2n) is 3.72. The summed E-state index contributed by atoms with van der Waals surface area (Å²) in [5, 5.41) is 7.35. The molecule has 0 saturated heterocycles. The summed E-state index contributed by atoms with van der Waals surface area (Å²) in [6, 6.07) is 9.65. The molecule has 0 radical (unpaired) electrons. The molecule has 0 aliphatic carbocycles.